The van der Waals surface area contributed by atoms with E-state index in [0.29, 0.717) is 6.42 Å². The van der Waals surface area contributed by atoms with Crippen molar-refractivity contribution in [3.8, 4) is 0 Å². The van der Waals surface area contributed by atoms with Crippen LogP contribution < -0.4 is 5.32 Å². The maximum Gasteiger partial charge on any atom is 0.305 e. The standard InChI is InChI=1S/C13H20N2O2/c1-11-7-6-8-12(15-11)14-10-5-3-4-9-13(16)17-2/h6-8H,3-5,9-10H2,1-2H3,(H,14,15). The van der Waals surface area contributed by atoms with E-state index in [1.165, 1.54) is 7.11 Å². The molecule has 0 radical (unpaired) electrons. The summed E-state index contributed by atoms with van der Waals surface area (Å²) < 4.78 is 4.57. The van der Waals surface area contributed by atoms with Crippen LogP contribution in [0.15, 0.2) is 18.2 Å². The Morgan fingerprint density at radius 3 is 2.88 bits per heavy atom. The Kier molecular flexibility index (Phi) is 6.07. The summed E-state index contributed by atoms with van der Waals surface area (Å²) >= 11 is 0. The molecular formula is C13H20N2O2. The van der Waals surface area contributed by atoms with Crippen molar-refractivity contribution in [2.75, 3.05) is 19.0 Å². The number of rotatable bonds is 7. The highest BCUT2D eigenvalue weighted by Gasteiger charge is 1.99. The Hall–Kier alpha value is -1.58. The molecule has 94 valence electrons. The number of aromatic nitrogens is 1. The topological polar surface area (TPSA) is 51.2 Å². The average molecular weight is 236 g/mol. The Balaban J connectivity index is 2.06. The molecule has 0 saturated heterocycles. The zero-order valence-electron chi connectivity index (χ0n) is 10.5. The van der Waals surface area contributed by atoms with Crippen LogP contribution in [0.2, 0.25) is 0 Å². The number of pyridine rings is 1. The van der Waals surface area contributed by atoms with Gasteiger partial charge in [-0.15, -0.1) is 0 Å². The molecule has 0 aliphatic carbocycles. The Morgan fingerprint density at radius 2 is 2.18 bits per heavy atom. The molecule has 1 heterocycles. The van der Waals surface area contributed by atoms with Crippen molar-refractivity contribution in [2.24, 2.45) is 0 Å². The average Bonchev–Trinajstić information content (AvgIpc) is 2.33. The minimum atomic E-state index is -0.127. The van der Waals surface area contributed by atoms with Crippen molar-refractivity contribution in [3.63, 3.8) is 0 Å². The third-order valence-corrected chi connectivity index (χ3v) is 2.48. The zero-order valence-corrected chi connectivity index (χ0v) is 10.5. The lowest BCUT2D eigenvalue weighted by Crippen LogP contribution is -2.04. The van der Waals surface area contributed by atoms with Gasteiger partial charge in [0.2, 0.25) is 0 Å². The van der Waals surface area contributed by atoms with Crippen LogP contribution in [0.1, 0.15) is 31.4 Å². The Labute approximate surface area is 102 Å². The number of carbonyl (C=O) groups is 1. The fourth-order valence-corrected chi connectivity index (χ4v) is 1.53. The molecule has 0 unspecified atom stereocenters. The first-order valence-corrected chi connectivity index (χ1v) is 5.96. The molecule has 4 nitrogen and oxygen atoms in total. The summed E-state index contributed by atoms with van der Waals surface area (Å²) in [6.45, 7) is 2.86. The van der Waals surface area contributed by atoms with Crippen LogP contribution >= 0.6 is 0 Å². The van der Waals surface area contributed by atoms with E-state index in [1.807, 2.05) is 25.1 Å². The first-order chi connectivity index (χ1) is 8.22. The van der Waals surface area contributed by atoms with Crippen LogP contribution in [0, 0.1) is 6.92 Å². The number of esters is 1. The molecule has 1 aromatic heterocycles. The second-order valence-corrected chi connectivity index (χ2v) is 3.98. The Bertz CT molecular complexity index is 353. The third kappa shape index (κ3) is 5.90. The van der Waals surface area contributed by atoms with Crippen molar-refractivity contribution in [3.05, 3.63) is 23.9 Å². The van der Waals surface area contributed by atoms with Crippen LogP contribution in [-0.4, -0.2) is 24.6 Å². The van der Waals surface area contributed by atoms with Gasteiger partial charge in [-0.05, 0) is 31.9 Å². The van der Waals surface area contributed by atoms with Gasteiger partial charge >= 0.3 is 5.97 Å². The summed E-state index contributed by atoms with van der Waals surface area (Å²) in [7, 11) is 1.42. The number of nitrogens with one attached hydrogen (secondary N) is 1. The van der Waals surface area contributed by atoms with Gasteiger partial charge < -0.3 is 10.1 Å². The molecular weight excluding hydrogens is 216 g/mol. The molecule has 0 amide bonds. The quantitative estimate of drug-likeness (QED) is 0.584. The van der Waals surface area contributed by atoms with Crippen molar-refractivity contribution >= 4 is 11.8 Å². The van der Waals surface area contributed by atoms with Crippen LogP contribution in [-0.2, 0) is 9.53 Å². The summed E-state index contributed by atoms with van der Waals surface area (Å²) in [5.74, 6) is 0.788. The van der Waals surface area contributed by atoms with Gasteiger partial charge in [0.1, 0.15) is 5.82 Å². The number of ether oxygens (including phenoxy) is 1. The molecule has 0 aliphatic heterocycles. The molecule has 0 aromatic carbocycles. The van der Waals surface area contributed by atoms with Crippen LogP contribution in [0.4, 0.5) is 5.82 Å². The lowest BCUT2D eigenvalue weighted by Gasteiger charge is -2.05. The van der Waals surface area contributed by atoms with Gasteiger partial charge in [-0.3, -0.25) is 4.79 Å². The van der Waals surface area contributed by atoms with Crippen LogP contribution in [0.25, 0.3) is 0 Å². The van der Waals surface area contributed by atoms with Crippen LogP contribution in [0.3, 0.4) is 0 Å². The number of nitrogens with zero attached hydrogens (tertiary/aromatic N) is 1. The summed E-state index contributed by atoms with van der Waals surface area (Å²) in [5.41, 5.74) is 1.01. The predicted molar refractivity (Wildman–Crippen MR) is 67.9 cm³/mol. The van der Waals surface area contributed by atoms with Crippen molar-refractivity contribution < 1.29 is 9.53 Å². The minimum Gasteiger partial charge on any atom is -0.469 e. The number of hydrogen-bond donors (Lipinski definition) is 1. The van der Waals surface area contributed by atoms with Crippen molar-refractivity contribution in [2.45, 2.75) is 32.6 Å². The van der Waals surface area contributed by atoms with Gasteiger partial charge in [-0.2, -0.15) is 0 Å². The molecule has 0 bridgehead atoms. The normalized spacial score (nSPS) is 10.0. The molecule has 0 spiro atoms. The molecule has 4 heteroatoms. The Morgan fingerprint density at radius 1 is 1.35 bits per heavy atom. The lowest BCUT2D eigenvalue weighted by atomic mass is 10.2. The van der Waals surface area contributed by atoms with E-state index in [4.69, 9.17) is 0 Å². The van der Waals surface area contributed by atoms with Crippen molar-refractivity contribution in [1.82, 2.24) is 4.98 Å². The lowest BCUT2D eigenvalue weighted by molar-refractivity contribution is -0.140. The summed E-state index contributed by atoms with van der Waals surface area (Å²) in [4.78, 5) is 15.2. The number of hydrogen-bond acceptors (Lipinski definition) is 4. The van der Waals surface area contributed by atoms with Crippen LogP contribution in [0.5, 0.6) is 0 Å². The zero-order chi connectivity index (χ0) is 12.5. The second kappa shape index (κ2) is 7.65. The maximum atomic E-state index is 10.9. The molecule has 1 rings (SSSR count). The smallest absolute Gasteiger partial charge is 0.305 e. The van der Waals surface area contributed by atoms with Gasteiger partial charge in [-0.1, -0.05) is 12.5 Å². The van der Waals surface area contributed by atoms with E-state index in [1.54, 1.807) is 0 Å². The monoisotopic (exact) mass is 236 g/mol. The molecule has 17 heavy (non-hydrogen) atoms. The third-order valence-electron chi connectivity index (χ3n) is 2.48. The summed E-state index contributed by atoms with van der Waals surface area (Å²) in [6, 6.07) is 5.92. The molecule has 1 aromatic rings. The molecule has 0 fully saturated rings. The van der Waals surface area contributed by atoms with Gasteiger partial charge in [0.25, 0.3) is 0 Å². The number of carbonyl (C=O) groups excluding carboxylic acids is 1. The highest BCUT2D eigenvalue weighted by atomic mass is 16.5. The highest BCUT2D eigenvalue weighted by Crippen LogP contribution is 2.05. The number of methoxy groups -OCH3 is 1. The maximum absolute atomic E-state index is 10.9. The first kappa shape index (κ1) is 13.5. The predicted octanol–water partition coefficient (Wildman–Crippen LogP) is 2.54. The van der Waals surface area contributed by atoms with E-state index in [9.17, 15) is 4.79 Å². The second-order valence-electron chi connectivity index (χ2n) is 3.98. The fourth-order valence-electron chi connectivity index (χ4n) is 1.53. The highest BCUT2D eigenvalue weighted by molar-refractivity contribution is 5.68. The summed E-state index contributed by atoms with van der Waals surface area (Å²) in [5, 5.41) is 3.26. The largest absolute Gasteiger partial charge is 0.469 e. The molecule has 0 aliphatic rings. The van der Waals surface area contributed by atoms with Gasteiger partial charge in [0, 0.05) is 18.7 Å². The number of anilines is 1. The van der Waals surface area contributed by atoms with Gasteiger partial charge in [0.05, 0.1) is 7.11 Å². The molecule has 0 atom stereocenters. The van der Waals surface area contributed by atoms with E-state index in [2.05, 4.69) is 15.0 Å². The van der Waals surface area contributed by atoms with E-state index in [-0.39, 0.29) is 5.97 Å². The van der Waals surface area contributed by atoms with Gasteiger partial charge in [0.15, 0.2) is 0 Å². The first-order valence-electron chi connectivity index (χ1n) is 5.96. The van der Waals surface area contributed by atoms with Crippen molar-refractivity contribution in [1.29, 1.82) is 0 Å². The van der Waals surface area contributed by atoms with E-state index < -0.39 is 0 Å². The molecule has 0 saturated carbocycles. The fraction of sp³-hybridized carbons (Fsp3) is 0.538. The SMILES string of the molecule is COC(=O)CCCCCNc1cccc(C)n1. The van der Waals surface area contributed by atoms with Gasteiger partial charge in [-0.25, -0.2) is 4.98 Å². The van der Waals surface area contributed by atoms with E-state index >= 15 is 0 Å². The number of unbranched alkanes of at least 4 members (excludes halogenated alkanes) is 2. The number of aryl methyl sites for hydroxylation is 1. The minimum absolute atomic E-state index is 0.127. The molecule has 1 N–H and O–H groups in total. The summed E-state index contributed by atoms with van der Waals surface area (Å²) in [6.07, 6.45) is 3.45. The van der Waals surface area contributed by atoms with E-state index in [0.717, 1.165) is 37.3 Å².